The predicted molar refractivity (Wildman–Crippen MR) is 114 cm³/mol. The monoisotopic (exact) mass is 366 g/mol. The van der Waals surface area contributed by atoms with Crippen molar-refractivity contribution in [3.63, 3.8) is 0 Å². The number of phenolic OH excluding ortho intramolecular Hbond substituents is 1. The molecule has 3 unspecified atom stereocenters. The van der Waals surface area contributed by atoms with Crippen LogP contribution in [0.4, 0.5) is 0 Å². The van der Waals surface area contributed by atoms with Gasteiger partial charge in [-0.25, -0.2) is 0 Å². The van der Waals surface area contributed by atoms with E-state index >= 15 is 0 Å². The Kier molecular flexibility index (Phi) is 15.4. The van der Waals surface area contributed by atoms with Gasteiger partial charge >= 0.3 is 0 Å². The Morgan fingerprint density at radius 2 is 1.35 bits per heavy atom. The SMILES string of the molecule is CCC(C)C(C)CC(C)c1ccc(O)cc1.NCCNCCNCCN. The molecule has 1 aromatic rings. The average molecular weight is 367 g/mol. The molecule has 26 heavy (non-hydrogen) atoms. The van der Waals surface area contributed by atoms with Crippen molar-refractivity contribution < 1.29 is 5.11 Å². The van der Waals surface area contributed by atoms with Gasteiger partial charge in [-0.3, -0.25) is 0 Å². The van der Waals surface area contributed by atoms with E-state index in [1.807, 2.05) is 12.1 Å². The number of hydrogen-bond donors (Lipinski definition) is 5. The first-order valence-electron chi connectivity index (χ1n) is 10.1. The molecule has 0 fully saturated rings. The summed E-state index contributed by atoms with van der Waals surface area (Å²) in [5.74, 6) is 2.48. The quantitative estimate of drug-likeness (QED) is 0.367. The van der Waals surface area contributed by atoms with E-state index in [2.05, 4.69) is 38.3 Å². The number of nitrogens with one attached hydrogen (secondary N) is 2. The zero-order valence-electron chi connectivity index (χ0n) is 17.3. The summed E-state index contributed by atoms with van der Waals surface area (Å²) in [6.07, 6.45) is 2.48. The van der Waals surface area contributed by atoms with Crippen LogP contribution in [0.2, 0.25) is 0 Å². The fourth-order valence-corrected chi connectivity index (χ4v) is 2.76. The molecule has 0 aliphatic rings. The van der Waals surface area contributed by atoms with Crippen LogP contribution < -0.4 is 22.1 Å². The van der Waals surface area contributed by atoms with Gasteiger partial charge in [-0.05, 0) is 41.9 Å². The van der Waals surface area contributed by atoms with E-state index in [-0.39, 0.29) is 0 Å². The van der Waals surface area contributed by atoms with Crippen LogP contribution in [0.1, 0.15) is 52.0 Å². The van der Waals surface area contributed by atoms with Gasteiger partial charge in [-0.15, -0.1) is 0 Å². The van der Waals surface area contributed by atoms with Crippen LogP contribution in [0.25, 0.3) is 0 Å². The smallest absolute Gasteiger partial charge is 0.115 e. The van der Waals surface area contributed by atoms with Gasteiger partial charge in [0.2, 0.25) is 0 Å². The van der Waals surface area contributed by atoms with Crippen LogP contribution in [0.15, 0.2) is 24.3 Å². The zero-order valence-corrected chi connectivity index (χ0v) is 17.3. The molecule has 0 spiro atoms. The van der Waals surface area contributed by atoms with Crippen molar-refractivity contribution in [3.05, 3.63) is 29.8 Å². The van der Waals surface area contributed by atoms with Gasteiger partial charge in [0.25, 0.3) is 0 Å². The zero-order chi connectivity index (χ0) is 19.8. The highest BCUT2D eigenvalue weighted by Crippen LogP contribution is 2.29. The third-order valence-corrected chi connectivity index (χ3v) is 4.92. The lowest BCUT2D eigenvalue weighted by molar-refractivity contribution is 0.336. The average Bonchev–Trinajstić information content (AvgIpc) is 2.65. The van der Waals surface area contributed by atoms with Gasteiger partial charge in [0.15, 0.2) is 0 Å². The molecular weight excluding hydrogens is 324 g/mol. The molecule has 3 atom stereocenters. The maximum Gasteiger partial charge on any atom is 0.115 e. The summed E-state index contributed by atoms with van der Waals surface area (Å²) >= 11 is 0. The van der Waals surface area contributed by atoms with E-state index in [0.29, 0.717) is 24.8 Å². The minimum absolute atomic E-state index is 0.353. The Labute approximate surface area is 160 Å². The molecular formula is C21H42N4O. The molecule has 5 nitrogen and oxygen atoms in total. The van der Waals surface area contributed by atoms with Crippen LogP contribution in [0, 0.1) is 11.8 Å². The summed E-state index contributed by atoms with van der Waals surface area (Å²) in [4.78, 5) is 0. The molecule has 0 heterocycles. The molecule has 0 radical (unpaired) electrons. The molecule has 5 heteroatoms. The molecule has 1 aromatic carbocycles. The first-order valence-corrected chi connectivity index (χ1v) is 10.1. The number of nitrogens with two attached hydrogens (primary N) is 2. The Morgan fingerprint density at radius 1 is 0.846 bits per heavy atom. The van der Waals surface area contributed by atoms with Gasteiger partial charge in [0.05, 0.1) is 0 Å². The van der Waals surface area contributed by atoms with Gasteiger partial charge in [0, 0.05) is 39.3 Å². The lowest BCUT2D eigenvalue weighted by Gasteiger charge is -2.22. The lowest BCUT2D eigenvalue weighted by Crippen LogP contribution is -2.32. The largest absolute Gasteiger partial charge is 0.508 e. The topological polar surface area (TPSA) is 96.3 Å². The van der Waals surface area contributed by atoms with E-state index in [9.17, 15) is 5.11 Å². The molecule has 152 valence electrons. The lowest BCUT2D eigenvalue weighted by atomic mass is 9.83. The van der Waals surface area contributed by atoms with E-state index in [1.54, 1.807) is 12.1 Å². The molecule has 0 bridgehead atoms. The number of aromatic hydroxyl groups is 1. The molecule has 1 rings (SSSR count). The summed E-state index contributed by atoms with van der Waals surface area (Å²) in [7, 11) is 0. The van der Waals surface area contributed by atoms with Gasteiger partial charge < -0.3 is 27.2 Å². The Morgan fingerprint density at radius 3 is 1.77 bits per heavy atom. The predicted octanol–water partition coefficient (Wildman–Crippen LogP) is 2.65. The first-order chi connectivity index (χ1) is 12.5. The summed E-state index contributed by atoms with van der Waals surface area (Å²) < 4.78 is 0. The van der Waals surface area contributed by atoms with Gasteiger partial charge in [-0.1, -0.05) is 46.2 Å². The highest BCUT2D eigenvalue weighted by Gasteiger charge is 2.15. The molecule has 0 aliphatic carbocycles. The van der Waals surface area contributed by atoms with Crippen molar-refractivity contribution in [1.29, 1.82) is 0 Å². The van der Waals surface area contributed by atoms with Crippen molar-refractivity contribution in [2.45, 2.75) is 46.5 Å². The van der Waals surface area contributed by atoms with Crippen molar-refractivity contribution in [2.75, 3.05) is 39.3 Å². The standard InChI is InChI=1S/C15H24O.C6H18N4/c1-5-11(2)12(3)10-13(4)14-6-8-15(16)9-7-14;7-1-3-9-5-6-10-4-2-8/h6-9,11-13,16H,5,10H2,1-4H3;9-10H,1-8H2. The summed E-state index contributed by atoms with van der Waals surface area (Å²) in [5, 5.41) is 15.6. The van der Waals surface area contributed by atoms with Crippen LogP contribution in [0.5, 0.6) is 5.75 Å². The van der Waals surface area contributed by atoms with Gasteiger partial charge in [0.1, 0.15) is 5.75 Å². The van der Waals surface area contributed by atoms with Crippen LogP contribution in [-0.4, -0.2) is 44.4 Å². The normalized spacial score (nSPS) is 14.2. The van der Waals surface area contributed by atoms with E-state index in [4.69, 9.17) is 11.5 Å². The van der Waals surface area contributed by atoms with Crippen molar-refractivity contribution in [2.24, 2.45) is 23.3 Å². The minimum Gasteiger partial charge on any atom is -0.508 e. The van der Waals surface area contributed by atoms with Crippen molar-refractivity contribution in [1.82, 2.24) is 10.6 Å². The maximum absolute atomic E-state index is 9.25. The number of hydrogen-bond acceptors (Lipinski definition) is 5. The molecule has 7 N–H and O–H groups in total. The number of rotatable bonds is 12. The molecule has 0 saturated heterocycles. The minimum atomic E-state index is 0.353. The third-order valence-electron chi connectivity index (χ3n) is 4.92. The fourth-order valence-electron chi connectivity index (χ4n) is 2.76. The second kappa shape index (κ2) is 16.1. The van der Waals surface area contributed by atoms with Gasteiger partial charge in [-0.2, -0.15) is 0 Å². The Hall–Kier alpha value is -1.14. The van der Waals surface area contributed by atoms with Crippen molar-refractivity contribution >= 4 is 0 Å². The molecule has 0 aromatic heterocycles. The highest BCUT2D eigenvalue weighted by atomic mass is 16.3. The fraction of sp³-hybridized carbons (Fsp3) is 0.714. The first kappa shape index (κ1) is 24.9. The Balaban J connectivity index is 0.000000541. The van der Waals surface area contributed by atoms with E-state index in [0.717, 1.165) is 38.0 Å². The highest BCUT2D eigenvalue weighted by molar-refractivity contribution is 5.27. The van der Waals surface area contributed by atoms with Crippen molar-refractivity contribution in [3.8, 4) is 5.75 Å². The molecule has 0 saturated carbocycles. The second-order valence-electron chi connectivity index (χ2n) is 7.17. The third kappa shape index (κ3) is 12.3. The van der Waals surface area contributed by atoms with E-state index < -0.39 is 0 Å². The number of benzene rings is 1. The van der Waals surface area contributed by atoms with Crippen LogP contribution in [-0.2, 0) is 0 Å². The Bertz CT molecular complexity index is 417. The summed E-state index contributed by atoms with van der Waals surface area (Å²) in [6, 6.07) is 7.62. The van der Waals surface area contributed by atoms with Crippen LogP contribution >= 0.6 is 0 Å². The second-order valence-corrected chi connectivity index (χ2v) is 7.17. The molecule has 0 aliphatic heterocycles. The summed E-state index contributed by atoms with van der Waals surface area (Å²) in [5.41, 5.74) is 11.9. The van der Waals surface area contributed by atoms with Crippen LogP contribution in [0.3, 0.4) is 0 Å². The summed E-state index contributed by atoms with van der Waals surface area (Å²) in [6.45, 7) is 14.3. The molecule has 0 amide bonds. The number of phenols is 1. The van der Waals surface area contributed by atoms with E-state index in [1.165, 1.54) is 18.4 Å². The maximum atomic E-state index is 9.25.